The summed E-state index contributed by atoms with van der Waals surface area (Å²) in [7, 11) is 5.72. The Hall–Kier alpha value is -4.48. The molecule has 0 spiro atoms. The topological polar surface area (TPSA) is 129 Å². The second-order valence-corrected chi connectivity index (χ2v) is 8.50. The van der Waals surface area contributed by atoms with Crippen LogP contribution in [0.15, 0.2) is 71.7 Å². The molecule has 0 aliphatic rings. The molecule has 2 heterocycles. The summed E-state index contributed by atoms with van der Waals surface area (Å²) in [6.07, 6.45) is 4.81. The molecule has 0 atom stereocenters. The second kappa shape index (κ2) is 12.0. The molecule has 0 unspecified atom stereocenters. The number of nitrogens with zero attached hydrogens (tertiary/aromatic N) is 4. The van der Waals surface area contributed by atoms with Crippen molar-refractivity contribution in [3.63, 3.8) is 0 Å². The number of fused-ring (bicyclic) bond motifs is 1. The van der Waals surface area contributed by atoms with Crippen molar-refractivity contribution in [3.8, 4) is 11.4 Å². The number of H-pyrrole nitrogens is 1. The van der Waals surface area contributed by atoms with E-state index in [4.69, 9.17) is 4.74 Å². The first-order valence-corrected chi connectivity index (χ1v) is 11.8. The van der Waals surface area contributed by atoms with Gasteiger partial charge in [0.1, 0.15) is 17.9 Å². The van der Waals surface area contributed by atoms with Crippen molar-refractivity contribution < 1.29 is 9.53 Å². The highest BCUT2D eigenvalue weighted by atomic mass is 16.5. The minimum atomic E-state index is -0.362. The first-order chi connectivity index (χ1) is 17.9. The van der Waals surface area contributed by atoms with Gasteiger partial charge in [-0.3, -0.25) is 4.79 Å². The first-order valence-electron chi connectivity index (χ1n) is 11.8. The quantitative estimate of drug-likeness (QED) is 0.182. The molecule has 0 saturated carbocycles. The number of hydrogen-bond acceptors (Lipinski definition) is 8. The Morgan fingerprint density at radius 2 is 1.97 bits per heavy atom. The van der Waals surface area contributed by atoms with Crippen molar-refractivity contribution >= 4 is 34.4 Å². The van der Waals surface area contributed by atoms with Crippen LogP contribution >= 0.6 is 0 Å². The van der Waals surface area contributed by atoms with Gasteiger partial charge in [0.25, 0.3) is 0 Å². The first kappa shape index (κ1) is 25.6. The van der Waals surface area contributed by atoms with Crippen LogP contribution < -0.4 is 26.4 Å². The molecular formula is C26H30N8O3. The van der Waals surface area contributed by atoms with Gasteiger partial charge in [-0.2, -0.15) is 4.98 Å². The molecule has 0 fully saturated rings. The summed E-state index contributed by atoms with van der Waals surface area (Å²) in [6, 6.07) is 14.5. The number of carbonyl (C=O) groups is 1. The lowest BCUT2D eigenvalue weighted by Gasteiger charge is -2.09. The van der Waals surface area contributed by atoms with Gasteiger partial charge in [0.2, 0.25) is 11.9 Å². The molecule has 0 radical (unpaired) electrons. The number of benzene rings is 2. The summed E-state index contributed by atoms with van der Waals surface area (Å²) in [4.78, 5) is 38.6. The molecule has 4 aromatic rings. The SMILES string of the molecule is CNCCOc1ccc(Nc2ncc3[nH]c(=O)n(-c4cccc(NC(=O)C=CCN(C)C)c4)c3n2)cc1. The highest BCUT2D eigenvalue weighted by molar-refractivity contribution is 5.99. The molecule has 1 amide bonds. The van der Waals surface area contributed by atoms with Crippen LogP contribution in [0.1, 0.15) is 0 Å². The van der Waals surface area contributed by atoms with Gasteiger partial charge in [-0.1, -0.05) is 12.1 Å². The van der Waals surface area contributed by atoms with Crippen molar-refractivity contribution in [2.45, 2.75) is 0 Å². The number of likely N-dealkylation sites (N-methyl/N-ethyl adjacent to an activating group) is 2. The van der Waals surface area contributed by atoms with Crippen LogP contribution in [0.25, 0.3) is 16.9 Å². The molecule has 0 bridgehead atoms. The predicted molar refractivity (Wildman–Crippen MR) is 145 cm³/mol. The maximum absolute atomic E-state index is 12.8. The van der Waals surface area contributed by atoms with E-state index in [2.05, 4.69) is 30.9 Å². The Labute approximate surface area is 214 Å². The molecule has 37 heavy (non-hydrogen) atoms. The third-order valence-electron chi connectivity index (χ3n) is 5.27. The number of amides is 1. The molecule has 0 aliphatic carbocycles. The zero-order valence-electron chi connectivity index (χ0n) is 21.0. The highest BCUT2D eigenvalue weighted by Crippen LogP contribution is 2.21. The van der Waals surface area contributed by atoms with Crippen molar-refractivity contribution in [1.82, 2.24) is 29.7 Å². The lowest BCUT2D eigenvalue weighted by atomic mass is 10.2. The fraction of sp³-hybridized carbons (Fsp3) is 0.231. The Balaban J connectivity index is 1.54. The smallest absolute Gasteiger partial charge is 0.332 e. The molecular weight excluding hydrogens is 472 g/mol. The number of carbonyl (C=O) groups excluding carboxylic acids is 1. The van der Waals surface area contributed by atoms with E-state index in [1.807, 2.05) is 50.3 Å². The molecule has 4 rings (SSSR count). The standard InChI is InChI=1S/C26H30N8O3/c1-27-13-15-37-21-11-9-18(10-12-21)30-25-28-17-22-24(32-25)34(26(36)31-22)20-7-4-6-19(16-20)29-23(35)8-5-14-33(2)3/h4-12,16-17,27H,13-15H2,1-3H3,(H,29,35)(H,31,36)(H,28,30,32). The summed E-state index contributed by atoms with van der Waals surface area (Å²) in [5, 5.41) is 9.01. The van der Waals surface area contributed by atoms with Crippen molar-refractivity contribution in [2.24, 2.45) is 0 Å². The maximum Gasteiger partial charge on any atom is 0.332 e. The van der Waals surface area contributed by atoms with E-state index in [0.29, 0.717) is 41.6 Å². The lowest BCUT2D eigenvalue weighted by molar-refractivity contribution is -0.111. The van der Waals surface area contributed by atoms with Gasteiger partial charge in [0.05, 0.1) is 11.9 Å². The Bertz CT molecular complexity index is 1440. The average Bonchev–Trinajstić information content (AvgIpc) is 3.20. The Morgan fingerprint density at radius 3 is 2.73 bits per heavy atom. The predicted octanol–water partition coefficient (Wildman–Crippen LogP) is 2.51. The van der Waals surface area contributed by atoms with Crippen LogP contribution in [0.4, 0.5) is 17.3 Å². The van der Waals surface area contributed by atoms with E-state index >= 15 is 0 Å². The van der Waals surface area contributed by atoms with Gasteiger partial charge in [0.15, 0.2) is 5.65 Å². The third kappa shape index (κ3) is 6.81. The number of rotatable bonds is 11. The van der Waals surface area contributed by atoms with E-state index < -0.39 is 0 Å². The monoisotopic (exact) mass is 502 g/mol. The third-order valence-corrected chi connectivity index (χ3v) is 5.27. The largest absolute Gasteiger partial charge is 0.492 e. The second-order valence-electron chi connectivity index (χ2n) is 8.50. The van der Waals surface area contributed by atoms with Crippen LogP contribution in [-0.2, 0) is 4.79 Å². The minimum absolute atomic E-state index is 0.252. The molecule has 11 nitrogen and oxygen atoms in total. The summed E-state index contributed by atoms with van der Waals surface area (Å²) in [6.45, 7) is 1.99. The zero-order valence-corrected chi connectivity index (χ0v) is 21.0. The van der Waals surface area contributed by atoms with Gasteiger partial charge >= 0.3 is 5.69 Å². The van der Waals surface area contributed by atoms with Crippen LogP contribution in [-0.4, -0.2) is 71.2 Å². The summed E-state index contributed by atoms with van der Waals surface area (Å²) >= 11 is 0. The van der Waals surface area contributed by atoms with E-state index in [-0.39, 0.29) is 11.6 Å². The molecule has 0 saturated heterocycles. The summed E-state index contributed by atoms with van der Waals surface area (Å²) in [5.74, 6) is 0.842. The molecule has 0 aliphatic heterocycles. The van der Waals surface area contributed by atoms with Gasteiger partial charge in [0, 0.05) is 30.5 Å². The number of anilines is 3. The fourth-order valence-electron chi connectivity index (χ4n) is 3.51. The Kier molecular flexibility index (Phi) is 8.29. The molecule has 192 valence electrons. The Morgan fingerprint density at radius 1 is 1.16 bits per heavy atom. The maximum atomic E-state index is 12.8. The van der Waals surface area contributed by atoms with E-state index in [1.54, 1.807) is 36.5 Å². The van der Waals surface area contributed by atoms with E-state index in [0.717, 1.165) is 18.0 Å². The molecule has 4 N–H and O–H groups in total. The number of imidazole rings is 1. The van der Waals surface area contributed by atoms with Crippen LogP contribution in [0.3, 0.4) is 0 Å². The molecule has 2 aromatic heterocycles. The van der Waals surface area contributed by atoms with Crippen LogP contribution in [0.2, 0.25) is 0 Å². The molecule has 11 heteroatoms. The van der Waals surface area contributed by atoms with E-state index in [9.17, 15) is 9.59 Å². The number of nitrogens with one attached hydrogen (secondary N) is 4. The van der Waals surface area contributed by atoms with Gasteiger partial charge in [-0.05, 0) is 63.6 Å². The normalized spacial score (nSPS) is 11.4. The van der Waals surface area contributed by atoms with Crippen LogP contribution in [0, 0.1) is 0 Å². The van der Waals surface area contributed by atoms with Gasteiger partial charge in [-0.15, -0.1) is 0 Å². The average molecular weight is 503 g/mol. The lowest BCUT2D eigenvalue weighted by Crippen LogP contribution is -2.16. The number of aromatic amines is 1. The number of aromatic nitrogens is 4. The van der Waals surface area contributed by atoms with Crippen molar-refractivity contribution in [2.75, 3.05) is 51.5 Å². The van der Waals surface area contributed by atoms with Crippen molar-refractivity contribution in [3.05, 3.63) is 77.4 Å². The highest BCUT2D eigenvalue weighted by Gasteiger charge is 2.13. The molecule has 2 aromatic carbocycles. The van der Waals surface area contributed by atoms with Crippen molar-refractivity contribution in [1.29, 1.82) is 0 Å². The fourth-order valence-corrected chi connectivity index (χ4v) is 3.51. The van der Waals surface area contributed by atoms with Gasteiger partial charge in [-0.25, -0.2) is 14.3 Å². The van der Waals surface area contributed by atoms with E-state index in [1.165, 1.54) is 10.6 Å². The van der Waals surface area contributed by atoms with Gasteiger partial charge < -0.3 is 30.6 Å². The van der Waals surface area contributed by atoms with Crippen LogP contribution in [0.5, 0.6) is 5.75 Å². The number of hydrogen-bond donors (Lipinski definition) is 4. The summed E-state index contributed by atoms with van der Waals surface area (Å²) < 4.78 is 7.09. The minimum Gasteiger partial charge on any atom is -0.492 e. The number of ether oxygens (including phenoxy) is 1. The zero-order chi connectivity index (χ0) is 26.2. The summed E-state index contributed by atoms with van der Waals surface area (Å²) in [5.41, 5.74) is 2.42.